The lowest BCUT2D eigenvalue weighted by atomic mass is 10.1. The number of aliphatic carboxylic acids is 1. The van der Waals surface area contributed by atoms with Crippen molar-refractivity contribution in [3.8, 4) is 5.75 Å². The zero-order valence-corrected chi connectivity index (χ0v) is 11.9. The second-order valence-corrected chi connectivity index (χ2v) is 4.88. The fourth-order valence-electron chi connectivity index (χ4n) is 1.97. The predicted octanol–water partition coefficient (Wildman–Crippen LogP) is 2.77. The third-order valence-electron chi connectivity index (χ3n) is 2.63. The summed E-state index contributed by atoms with van der Waals surface area (Å²) in [6.07, 6.45) is 1.04. The average molecular weight is 265 g/mol. The maximum atomic E-state index is 10.9. The molecule has 0 aliphatic carbocycles. The smallest absolute Gasteiger partial charge is 0.317 e. The number of hydrogen-bond acceptors (Lipinski definition) is 3. The molecular formula is C15H23NO3. The van der Waals surface area contributed by atoms with Gasteiger partial charge >= 0.3 is 5.97 Å². The van der Waals surface area contributed by atoms with E-state index in [1.165, 1.54) is 0 Å². The van der Waals surface area contributed by atoms with E-state index in [1.807, 2.05) is 49.9 Å². The third-order valence-corrected chi connectivity index (χ3v) is 2.63. The van der Waals surface area contributed by atoms with Gasteiger partial charge in [-0.05, 0) is 32.9 Å². The van der Waals surface area contributed by atoms with Crippen LogP contribution in [-0.2, 0) is 11.3 Å². The number of benzene rings is 1. The zero-order chi connectivity index (χ0) is 14.3. The minimum Gasteiger partial charge on any atom is -0.491 e. The maximum absolute atomic E-state index is 10.9. The standard InChI is InChI=1S/C15H23NO3/c1-4-9-16(11-15(17)18)10-13-7-5-6-8-14(13)19-12(2)3/h5-8,12H,4,9-11H2,1-3H3,(H,17,18). The molecule has 0 radical (unpaired) electrons. The molecule has 1 aromatic carbocycles. The molecule has 0 aliphatic rings. The van der Waals surface area contributed by atoms with E-state index in [2.05, 4.69) is 0 Å². The lowest BCUT2D eigenvalue weighted by Crippen LogP contribution is -2.30. The van der Waals surface area contributed by atoms with Crippen molar-refractivity contribution in [2.75, 3.05) is 13.1 Å². The molecule has 4 heteroatoms. The molecule has 1 aromatic rings. The van der Waals surface area contributed by atoms with Gasteiger partial charge in [0.1, 0.15) is 5.75 Å². The molecule has 1 rings (SSSR count). The number of carboxylic acid groups (broad SMARTS) is 1. The van der Waals surface area contributed by atoms with Gasteiger partial charge in [-0.25, -0.2) is 0 Å². The zero-order valence-electron chi connectivity index (χ0n) is 11.9. The monoisotopic (exact) mass is 265 g/mol. The quantitative estimate of drug-likeness (QED) is 0.785. The van der Waals surface area contributed by atoms with Crippen molar-refractivity contribution in [1.29, 1.82) is 0 Å². The lowest BCUT2D eigenvalue weighted by Gasteiger charge is -2.22. The van der Waals surface area contributed by atoms with Crippen molar-refractivity contribution < 1.29 is 14.6 Å². The van der Waals surface area contributed by atoms with Gasteiger partial charge in [-0.15, -0.1) is 0 Å². The number of para-hydroxylation sites is 1. The van der Waals surface area contributed by atoms with E-state index in [0.717, 1.165) is 24.3 Å². The fraction of sp³-hybridized carbons (Fsp3) is 0.533. The summed E-state index contributed by atoms with van der Waals surface area (Å²) < 4.78 is 5.76. The molecule has 0 unspecified atom stereocenters. The van der Waals surface area contributed by atoms with Crippen LogP contribution in [0.4, 0.5) is 0 Å². The predicted molar refractivity (Wildman–Crippen MR) is 75.4 cm³/mol. The molecule has 0 saturated carbocycles. The third kappa shape index (κ3) is 5.75. The van der Waals surface area contributed by atoms with Crippen molar-refractivity contribution in [3.05, 3.63) is 29.8 Å². The Balaban J connectivity index is 2.79. The van der Waals surface area contributed by atoms with Crippen molar-refractivity contribution in [2.24, 2.45) is 0 Å². The van der Waals surface area contributed by atoms with Gasteiger partial charge in [0, 0.05) is 12.1 Å². The van der Waals surface area contributed by atoms with Crippen LogP contribution in [0.2, 0.25) is 0 Å². The Morgan fingerprint density at radius 2 is 2.05 bits per heavy atom. The first-order valence-corrected chi connectivity index (χ1v) is 6.71. The molecule has 0 amide bonds. The molecule has 19 heavy (non-hydrogen) atoms. The van der Waals surface area contributed by atoms with Gasteiger partial charge in [0.25, 0.3) is 0 Å². The topological polar surface area (TPSA) is 49.8 Å². The van der Waals surface area contributed by atoms with E-state index in [1.54, 1.807) is 0 Å². The van der Waals surface area contributed by atoms with Crippen molar-refractivity contribution in [1.82, 2.24) is 4.90 Å². The SMILES string of the molecule is CCCN(CC(=O)O)Cc1ccccc1OC(C)C. The first-order chi connectivity index (χ1) is 9.02. The van der Waals surface area contributed by atoms with Crippen LogP contribution in [-0.4, -0.2) is 35.2 Å². The Morgan fingerprint density at radius 3 is 2.63 bits per heavy atom. The van der Waals surface area contributed by atoms with Crippen molar-refractivity contribution in [2.45, 2.75) is 39.8 Å². The van der Waals surface area contributed by atoms with Crippen LogP contribution in [0.25, 0.3) is 0 Å². The van der Waals surface area contributed by atoms with Crippen LogP contribution in [0.5, 0.6) is 5.75 Å². The van der Waals surface area contributed by atoms with E-state index >= 15 is 0 Å². The maximum Gasteiger partial charge on any atom is 0.317 e. The molecule has 1 N–H and O–H groups in total. The highest BCUT2D eigenvalue weighted by Crippen LogP contribution is 2.21. The summed E-state index contributed by atoms with van der Waals surface area (Å²) in [4.78, 5) is 12.8. The minimum atomic E-state index is -0.796. The molecule has 0 fully saturated rings. The van der Waals surface area contributed by atoms with Crippen LogP contribution >= 0.6 is 0 Å². The van der Waals surface area contributed by atoms with Crippen LogP contribution in [0, 0.1) is 0 Å². The summed E-state index contributed by atoms with van der Waals surface area (Å²) in [5, 5.41) is 8.93. The Labute approximate surface area is 115 Å². The van der Waals surface area contributed by atoms with Crippen LogP contribution < -0.4 is 4.74 Å². The number of rotatable bonds is 8. The summed E-state index contributed by atoms with van der Waals surface area (Å²) in [6.45, 7) is 7.44. The molecule has 0 atom stereocenters. The van der Waals surface area contributed by atoms with Gasteiger partial charge in [-0.1, -0.05) is 25.1 Å². The molecule has 0 spiro atoms. The van der Waals surface area contributed by atoms with Crippen LogP contribution in [0.3, 0.4) is 0 Å². The molecule has 0 saturated heterocycles. The van der Waals surface area contributed by atoms with E-state index in [-0.39, 0.29) is 12.6 Å². The lowest BCUT2D eigenvalue weighted by molar-refractivity contribution is -0.138. The second kappa shape index (κ2) is 7.79. The molecule has 0 aliphatic heterocycles. The van der Waals surface area contributed by atoms with Gasteiger partial charge in [-0.3, -0.25) is 9.69 Å². The van der Waals surface area contributed by atoms with E-state index in [4.69, 9.17) is 9.84 Å². The Kier molecular flexibility index (Phi) is 6.36. The van der Waals surface area contributed by atoms with Crippen LogP contribution in [0.15, 0.2) is 24.3 Å². The van der Waals surface area contributed by atoms with Gasteiger partial charge in [0.05, 0.1) is 12.6 Å². The summed E-state index contributed by atoms with van der Waals surface area (Å²) in [6, 6.07) is 7.80. The number of hydrogen-bond donors (Lipinski definition) is 1. The highest BCUT2D eigenvalue weighted by molar-refractivity contribution is 5.69. The number of carbonyl (C=O) groups is 1. The minimum absolute atomic E-state index is 0.0594. The fourth-order valence-corrected chi connectivity index (χ4v) is 1.97. The molecule has 106 valence electrons. The Morgan fingerprint density at radius 1 is 1.37 bits per heavy atom. The number of carboxylic acids is 1. The molecule has 4 nitrogen and oxygen atoms in total. The normalized spacial score (nSPS) is 11.0. The first kappa shape index (κ1) is 15.5. The van der Waals surface area contributed by atoms with Gasteiger partial charge in [0.15, 0.2) is 0 Å². The van der Waals surface area contributed by atoms with Crippen LogP contribution in [0.1, 0.15) is 32.8 Å². The second-order valence-electron chi connectivity index (χ2n) is 4.88. The average Bonchev–Trinajstić information content (AvgIpc) is 2.30. The van der Waals surface area contributed by atoms with Gasteiger partial charge in [-0.2, -0.15) is 0 Å². The Hall–Kier alpha value is -1.55. The molecule has 0 heterocycles. The summed E-state index contributed by atoms with van der Waals surface area (Å²) in [5.41, 5.74) is 1.03. The van der Waals surface area contributed by atoms with Gasteiger partial charge < -0.3 is 9.84 Å². The van der Waals surface area contributed by atoms with Crippen molar-refractivity contribution in [3.63, 3.8) is 0 Å². The van der Waals surface area contributed by atoms with Crippen molar-refractivity contribution >= 4 is 5.97 Å². The van der Waals surface area contributed by atoms with E-state index < -0.39 is 5.97 Å². The Bertz CT molecular complexity index is 404. The van der Waals surface area contributed by atoms with Gasteiger partial charge in [0.2, 0.25) is 0 Å². The molecular weight excluding hydrogens is 242 g/mol. The summed E-state index contributed by atoms with van der Waals surface area (Å²) in [5.74, 6) is 0.0414. The molecule has 0 bridgehead atoms. The highest BCUT2D eigenvalue weighted by Gasteiger charge is 2.12. The van der Waals surface area contributed by atoms with E-state index in [0.29, 0.717) is 6.54 Å². The highest BCUT2D eigenvalue weighted by atomic mass is 16.5. The summed E-state index contributed by atoms with van der Waals surface area (Å²) in [7, 11) is 0. The number of ether oxygens (including phenoxy) is 1. The van der Waals surface area contributed by atoms with E-state index in [9.17, 15) is 4.79 Å². The largest absolute Gasteiger partial charge is 0.491 e. The summed E-state index contributed by atoms with van der Waals surface area (Å²) >= 11 is 0. The molecule has 0 aromatic heterocycles. The number of nitrogens with zero attached hydrogens (tertiary/aromatic N) is 1. The first-order valence-electron chi connectivity index (χ1n) is 6.71.